The number of ether oxygens (including phenoxy) is 2. The Bertz CT molecular complexity index is 450. The summed E-state index contributed by atoms with van der Waals surface area (Å²) in [5, 5.41) is 9.05. The van der Waals surface area contributed by atoms with E-state index in [0.717, 1.165) is 23.5 Å². The average molecular weight is 217 g/mol. The molecule has 2 unspecified atom stereocenters. The number of hydrogen-bond donors (Lipinski definition) is 0. The van der Waals surface area contributed by atoms with E-state index in [1.54, 1.807) is 14.2 Å². The molecule has 0 saturated heterocycles. The minimum absolute atomic E-state index is 0.220. The van der Waals surface area contributed by atoms with E-state index < -0.39 is 0 Å². The molecule has 1 fully saturated rings. The van der Waals surface area contributed by atoms with E-state index in [-0.39, 0.29) is 5.41 Å². The second-order valence-electron chi connectivity index (χ2n) is 4.39. The van der Waals surface area contributed by atoms with Gasteiger partial charge < -0.3 is 9.47 Å². The fraction of sp³-hybridized carbons (Fsp3) is 0.462. The predicted octanol–water partition coefficient (Wildman–Crippen LogP) is 2.72. The minimum atomic E-state index is -0.220. The molecule has 1 saturated carbocycles. The van der Waals surface area contributed by atoms with E-state index in [1.165, 1.54) is 0 Å². The maximum absolute atomic E-state index is 9.05. The molecule has 0 spiro atoms. The topological polar surface area (TPSA) is 42.2 Å². The molecule has 84 valence electrons. The molecule has 16 heavy (non-hydrogen) atoms. The average Bonchev–Trinajstić information content (AvgIpc) is 3.01. The third-order valence-electron chi connectivity index (χ3n) is 3.31. The lowest BCUT2D eigenvalue weighted by atomic mass is 10.0. The van der Waals surface area contributed by atoms with Crippen molar-refractivity contribution < 1.29 is 9.47 Å². The third-order valence-corrected chi connectivity index (χ3v) is 3.31. The van der Waals surface area contributed by atoms with Crippen molar-refractivity contribution in [2.24, 2.45) is 5.41 Å². The van der Waals surface area contributed by atoms with Crippen molar-refractivity contribution >= 4 is 0 Å². The summed E-state index contributed by atoms with van der Waals surface area (Å²) in [6, 6.07) is 8.13. The van der Waals surface area contributed by atoms with Crippen LogP contribution >= 0.6 is 0 Å². The van der Waals surface area contributed by atoms with Gasteiger partial charge in [0.05, 0.1) is 25.7 Å². The van der Waals surface area contributed by atoms with Gasteiger partial charge in [0.1, 0.15) is 11.5 Å². The maximum atomic E-state index is 9.05. The summed E-state index contributed by atoms with van der Waals surface area (Å²) in [5.74, 6) is 1.88. The molecule has 1 aliphatic carbocycles. The highest BCUT2D eigenvalue weighted by Crippen LogP contribution is 2.60. The van der Waals surface area contributed by atoms with Crippen LogP contribution in [0.15, 0.2) is 18.2 Å². The van der Waals surface area contributed by atoms with E-state index in [9.17, 15) is 0 Å². The molecule has 3 heteroatoms. The lowest BCUT2D eigenvalue weighted by molar-refractivity contribution is 0.390. The molecule has 1 aromatic rings. The summed E-state index contributed by atoms with van der Waals surface area (Å²) in [5.41, 5.74) is 0.884. The van der Waals surface area contributed by atoms with Gasteiger partial charge in [0, 0.05) is 12.0 Å². The van der Waals surface area contributed by atoms with Crippen molar-refractivity contribution in [1.29, 1.82) is 5.26 Å². The quantitative estimate of drug-likeness (QED) is 0.781. The van der Waals surface area contributed by atoms with Gasteiger partial charge in [-0.1, -0.05) is 6.07 Å². The van der Waals surface area contributed by atoms with Gasteiger partial charge in [-0.3, -0.25) is 0 Å². The zero-order valence-corrected chi connectivity index (χ0v) is 9.78. The first-order valence-electron chi connectivity index (χ1n) is 5.28. The lowest BCUT2D eigenvalue weighted by Crippen LogP contribution is -1.96. The van der Waals surface area contributed by atoms with Gasteiger partial charge in [-0.05, 0) is 25.0 Å². The Kier molecular flexibility index (Phi) is 2.51. The molecule has 0 heterocycles. The molecule has 0 aliphatic heterocycles. The number of nitrogens with zero attached hydrogens (tertiary/aromatic N) is 1. The standard InChI is InChI=1S/C13H15NO2/c1-13(8-14)7-11(13)10-5-4-9(15-2)6-12(10)16-3/h4-6,11H,7H2,1-3H3. The van der Waals surface area contributed by atoms with Crippen LogP contribution in [0.25, 0.3) is 0 Å². The molecule has 0 N–H and O–H groups in total. The zero-order valence-electron chi connectivity index (χ0n) is 9.78. The van der Waals surface area contributed by atoms with Crippen LogP contribution in [-0.2, 0) is 0 Å². The lowest BCUT2D eigenvalue weighted by Gasteiger charge is -2.10. The van der Waals surface area contributed by atoms with Gasteiger partial charge in [0.25, 0.3) is 0 Å². The first-order valence-corrected chi connectivity index (χ1v) is 5.28. The van der Waals surface area contributed by atoms with Crippen molar-refractivity contribution in [2.75, 3.05) is 14.2 Å². The van der Waals surface area contributed by atoms with Gasteiger partial charge in [-0.25, -0.2) is 0 Å². The van der Waals surface area contributed by atoms with Crippen molar-refractivity contribution in [3.8, 4) is 17.6 Å². The van der Waals surface area contributed by atoms with Crippen LogP contribution in [-0.4, -0.2) is 14.2 Å². The third kappa shape index (κ3) is 1.61. The number of methoxy groups -OCH3 is 2. The van der Waals surface area contributed by atoms with Crippen molar-refractivity contribution in [3.05, 3.63) is 23.8 Å². The Hall–Kier alpha value is -1.69. The number of hydrogen-bond acceptors (Lipinski definition) is 3. The van der Waals surface area contributed by atoms with Crippen LogP contribution in [0.1, 0.15) is 24.8 Å². The van der Waals surface area contributed by atoms with Crippen LogP contribution in [0, 0.1) is 16.7 Å². The Labute approximate surface area is 95.6 Å². The second-order valence-corrected chi connectivity index (χ2v) is 4.39. The highest BCUT2D eigenvalue weighted by Gasteiger charge is 2.52. The summed E-state index contributed by atoms with van der Waals surface area (Å²) in [6.45, 7) is 1.99. The van der Waals surface area contributed by atoms with Crippen molar-refractivity contribution in [1.82, 2.24) is 0 Å². The second kappa shape index (κ2) is 3.71. The summed E-state index contributed by atoms with van der Waals surface area (Å²) in [4.78, 5) is 0. The van der Waals surface area contributed by atoms with Gasteiger partial charge in [0.15, 0.2) is 0 Å². The monoisotopic (exact) mass is 217 g/mol. The van der Waals surface area contributed by atoms with Crippen LogP contribution in [0.4, 0.5) is 0 Å². The molecule has 0 bridgehead atoms. The Morgan fingerprint density at radius 3 is 2.62 bits per heavy atom. The zero-order chi connectivity index (χ0) is 11.8. The smallest absolute Gasteiger partial charge is 0.126 e. The molecule has 0 aromatic heterocycles. The van der Waals surface area contributed by atoms with Gasteiger partial charge in [0.2, 0.25) is 0 Å². The maximum Gasteiger partial charge on any atom is 0.126 e. The molecule has 2 atom stereocenters. The number of nitriles is 1. The Morgan fingerprint density at radius 2 is 2.12 bits per heavy atom. The van der Waals surface area contributed by atoms with Crippen LogP contribution in [0.2, 0.25) is 0 Å². The number of rotatable bonds is 3. The molecule has 2 rings (SSSR count). The molecular weight excluding hydrogens is 202 g/mol. The van der Waals surface area contributed by atoms with E-state index in [1.807, 2.05) is 25.1 Å². The molecule has 0 radical (unpaired) electrons. The molecule has 1 aromatic carbocycles. The van der Waals surface area contributed by atoms with E-state index in [2.05, 4.69) is 6.07 Å². The van der Waals surface area contributed by atoms with Gasteiger partial charge in [-0.15, -0.1) is 0 Å². The first kappa shape index (κ1) is 10.8. The summed E-state index contributed by atoms with van der Waals surface area (Å²) < 4.78 is 10.5. The van der Waals surface area contributed by atoms with Crippen molar-refractivity contribution in [2.45, 2.75) is 19.3 Å². The van der Waals surface area contributed by atoms with E-state index in [4.69, 9.17) is 14.7 Å². The molecule has 3 nitrogen and oxygen atoms in total. The molecule has 0 amide bonds. The van der Waals surface area contributed by atoms with E-state index in [0.29, 0.717) is 5.92 Å². The van der Waals surface area contributed by atoms with Gasteiger partial charge >= 0.3 is 0 Å². The van der Waals surface area contributed by atoms with E-state index >= 15 is 0 Å². The summed E-state index contributed by atoms with van der Waals surface area (Å²) >= 11 is 0. The number of benzene rings is 1. The van der Waals surface area contributed by atoms with Gasteiger partial charge in [-0.2, -0.15) is 5.26 Å². The minimum Gasteiger partial charge on any atom is -0.497 e. The Balaban J connectivity index is 2.33. The van der Waals surface area contributed by atoms with Crippen molar-refractivity contribution in [3.63, 3.8) is 0 Å². The predicted molar refractivity (Wildman–Crippen MR) is 60.6 cm³/mol. The summed E-state index contributed by atoms with van der Waals surface area (Å²) in [7, 11) is 3.27. The van der Waals surface area contributed by atoms with Crippen LogP contribution < -0.4 is 9.47 Å². The highest BCUT2D eigenvalue weighted by atomic mass is 16.5. The van der Waals surface area contributed by atoms with Crippen LogP contribution in [0.3, 0.4) is 0 Å². The summed E-state index contributed by atoms with van der Waals surface area (Å²) in [6.07, 6.45) is 0.909. The Morgan fingerprint density at radius 1 is 1.38 bits per heavy atom. The fourth-order valence-corrected chi connectivity index (χ4v) is 2.05. The normalized spacial score (nSPS) is 27.0. The SMILES string of the molecule is COc1ccc(C2CC2(C)C#N)c(OC)c1. The highest BCUT2D eigenvalue weighted by molar-refractivity contribution is 5.47. The molecule has 1 aliphatic rings. The van der Waals surface area contributed by atoms with Crippen LogP contribution in [0.5, 0.6) is 11.5 Å². The largest absolute Gasteiger partial charge is 0.497 e. The fourth-order valence-electron chi connectivity index (χ4n) is 2.05. The molecular formula is C13H15NO2. The first-order chi connectivity index (χ1) is 7.64.